The topological polar surface area (TPSA) is 35.2 Å². The molecule has 0 amide bonds. The summed E-state index contributed by atoms with van der Waals surface area (Å²) in [6, 6.07) is 6.73. The molecule has 1 unspecified atom stereocenters. The molecule has 2 heteroatoms. The molecule has 1 aromatic rings. The predicted octanol–water partition coefficient (Wildman–Crippen LogP) is 5.01. The fourth-order valence-corrected chi connectivity index (χ4v) is 2.62. The maximum absolute atomic E-state index is 5.99. The van der Waals surface area contributed by atoms with E-state index in [-0.39, 0.29) is 5.41 Å². The zero-order valence-electron chi connectivity index (χ0n) is 14.5. The SMILES string of the molecule is CCCOc1ccc(C(C)(C)C)cc1C(CC)CCCN. The van der Waals surface area contributed by atoms with Crippen LogP contribution in [0.2, 0.25) is 0 Å². The maximum atomic E-state index is 5.99. The van der Waals surface area contributed by atoms with E-state index in [1.54, 1.807) is 0 Å². The largest absolute Gasteiger partial charge is 0.493 e. The summed E-state index contributed by atoms with van der Waals surface area (Å²) in [7, 11) is 0. The van der Waals surface area contributed by atoms with E-state index in [2.05, 4.69) is 52.8 Å². The molecule has 0 spiro atoms. The van der Waals surface area contributed by atoms with Gasteiger partial charge in [-0.3, -0.25) is 0 Å². The minimum Gasteiger partial charge on any atom is -0.493 e. The maximum Gasteiger partial charge on any atom is 0.122 e. The summed E-state index contributed by atoms with van der Waals surface area (Å²) in [5.74, 6) is 1.61. The van der Waals surface area contributed by atoms with Crippen LogP contribution in [0.4, 0.5) is 0 Å². The number of rotatable bonds is 8. The van der Waals surface area contributed by atoms with Gasteiger partial charge in [0.15, 0.2) is 0 Å². The zero-order valence-corrected chi connectivity index (χ0v) is 14.5. The molecule has 0 bridgehead atoms. The molecule has 21 heavy (non-hydrogen) atoms. The lowest BCUT2D eigenvalue weighted by Crippen LogP contribution is -2.13. The molecular formula is C19H33NO. The minimum atomic E-state index is 0.171. The van der Waals surface area contributed by atoms with Crippen LogP contribution < -0.4 is 10.5 Å². The summed E-state index contributed by atoms with van der Waals surface area (Å²) in [5.41, 5.74) is 8.62. The Balaban J connectivity index is 3.13. The Morgan fingerprint density at radius 1 is 1.19 bits per heavy atom. The van der Waals surface area contributed by atoms with Crippen LogP contribution in [0.1, 0.15) is 77.3 Å². The highest BCUT2D eigenvalue weighted by atomic mass is 16.5. The standard InChI is InChI=1S/C19H33NO/c1-6-13-21-18-11-10-16(19(3,4)5)14-17(18)15(7-2)9-8-12-20/h10-11,14-15H,6-9,12-13,20H2,1-5H3. The van der Waals surface area contributed by atoms with Gasteiger partial charge in [-0.15, -0.1) is 0 Å². The number of hydrogen-bond donors (Lipinski definition) is 1. The first-order chi connectivity index (χ1) is 9.93. The van der Waals surface area contributed by atoms with Gasteiger partial charge in [0, 0.05) is 0 Å². The molecule has 1 rings (SSSR count). The third kappa shape index (κ3) is 5.35. The summed E-state index contributed by atoms with van der Waals surface area (Å²) < 4.78 is 5.99. The van der Waals surface area contributed by atoms with Crippen LogP contribution >= 0.6 is 0 Å². The van der Waals surface area contributed by atoms with Crippen LogP contribution in [-0.4, -0.2) is 13.2 Å². The summed E-state index contributed by atoms with van der Waals surface area (Å²) in [6.07, 6.45) is 4.39. The van der Waals surface area contributed by atoms with Gasteiger partial charge in [0.25, 0.3) is 0 Å². The fraction of sp³-hybridized carbons (Fsp3) is 0.684. The summed E-state index contributed by atoms with van der Waals surface area (Å²) in [4.78, 5) is 0. The lowest BCUT2D eigenvalue weighted by atomic mass is 9.82. The van der Waals surface area contributed by atoms with E-state index >= 15 is 0 Å². The van der Waals surface area contributed by atoms with Crippen molar-refractivity contribution in [3.8, 4) is 5.75 Å². The Hall–Kier alpha value is -1.02. The predicted molar refractivity (Wildman–Crippen MR) is 92.2 cm³/mol. The average molecular weight is 291 g/mol. The lowest BCUT2D eigenvalue weighted by Gasteiger charge is -2.25. The van der Waals surface area contributed by atoms with Gasteiger partial charge in [-0.2, -0.15) is 0 Å². The van der Waals surface area contributed by atoms with Gasteiger partial charge in [-0.25, -0.2) is 0 Å². The molecule has 0 aliphatic heterocycles. The monoisotopic (exact) mass is 291 g/mol. The van der Waals surface area contributed by atoms with Crippen LogP contribution in [0.3, 0.4) is 0 Å². The first kappa shape index (κ1) is 18.0. The number of nitrogens with two attached hydrogens (primary N) is 1. The van der Waals surface area contributed by atoms with E-state index < -0.39 is 0 Å². The van der Waals surface area contributed by atoms with Crippen LogP contribution in [0.25, 0.3) is 0 Å². The van der Waals surface area contributed by atoms with Crippen molar-refractivity contribution < 1.29 is 4.74 Å². The Bertz CT molecular complexity index is 420. The highest BCUT2D eigenvalue weighted by molar-refractivity contribution is 5.42. The summed E-state index contributed by atoms with van der Waals surface area (Å²) in [5, 5.41) is 0. The third-order valence-electron chi connectivity index (χ3n) is 4.03. The van der Waals surface area contributed by atoms with Gasteiger partial charge in [-0.1, -0.05) is 46.8 Å². The van der Waals surface area contributed by atoms with E-state index in [1.807, 2.05) is 0 Å². The van der Waals surface area contributed by atoms with Crippen molar-refractivity contribution >= 4 is 0 Å². The molecule has 2 N–H and O–H groups in total. The Morgan fingerprint density at radius 2 is 1.90 bits per heavy atom. The molecule has 120 valence electrons. The molecule has 0 aliphatic rings. The van der Waals surface area contributed by atoms with Crippen LogP contribution in [-0.2, 0) is 5.41 Å². The molecule has 0 saturated heterocycles. The Morgan fingerprint density at radius 3 is 2.43 bits per heavy atom. The highest BCUT2D eigenvalue weighted by Crippen LogP contribution is 2.36. The second-order valence-corrected chi connectivity index (χ2v) is 6.89. The van der Waals surface area contributed by atoms with Crippen molar-refractivity contribution in [3.63, 3.8) is 0 Å². The molecule has 0 aromatic heterocycles. The summed E-state index contributed by atoms with van der Waals surface area (Å²) >= 11 is 0. The van der Waals surface area contributed by atoms with E-state index in [9.17, 15) is 0 Å². The molecule has 1 atom stereocenters. The second kappa shape index (κ2) is 8.43. The number of hydrogen-bond acceptors (Lipinski definition) is 2. The molecule has 0 radical (unpaired) electrons. The molecule has 0 heterocycles. The lowest BCUT2D eigenvalue weighted by molar-refractivity contribution is 0.310. The third-order valence-corrected chi connectivity index (χ3v) is 4.03. The van der Waals surface area contributed by atoms with Crippen molar-refractivity contribution in [1.82, 2.24) is 0 Å². The fourth-order valence-electron chi connectivity index (χ4n) is 2.62. The highest BCUT2D eigenvalue weighted by Gasteiger charge is 2.20. The van der Waals surface area contributed by atoms with Gasteiger partial charge in [0.2, 0.25) is 0 Å². The van der Waals surface area contributed by atoms with Crippen LogP contribution in [0.15, 0.2) is 18.2 Å². The molecule has 2 nitrogen and oxygen atoms in total. The van der Waals surface area contributed by atoms with E-state index in [0.717, 1.165) is 44.6 Å². The average Bonchev–Trinajstić information content (AvgIpc) is 2.45. The van der Waals surface area contributed by atoms with E-state index in [4.69, 9.17) is 10.5 Å². The van der Waals surface area contributed by atoms with Crippen molar-refractivity contribution in [2.75, 3.05) is 13.2 Å². The molecule has 0 aliphatic carbocycles. The second-order valence-electron chi connectivity index (χ2n) is 6.89. The molecule has 0 saturated carbocycles. The Kier molecular flexibility index (Phi) is 7.24. The first-order valence-corrected chi connectivity index (χ1v) is 8.41. The van der Waals surface area contributed by atoms with Gasteiger partial charge in [0.05, 0.1) is 6.61 Å². The molecular weight excluding hydrogens is 258 g/mol. The first-order valence-electron chi connectivity index (χ1n) is 8.41. The van der Waals surface area contributed by atoms with Crippen molar-refractivity contribution in [3.05, 3.63) is 29.3 Å². The van der Waals surface area contributed by atoms with Crippen molar-refractivity contribution in [2.45, 2.75) is 71.6 Å². The minimum absolute atomic E-state index is 0.171. The Labute approximate surface area is 131 Å². The number of benzene rings is 1. The number of ether oxygens (including phenoxy) is 1. The van der Waals surface area contributed by atoms with E-state index in [0.29, 0.717) is 5.92 Å². The quantitative estimate of drug-likeness (QED) is 0.731. The summed E-state index contributed by atoms with van der Waals surface area (Å²) in [6.45, 7) is 12.7. The molecule has 0 fully saturated rings. The van der Waals surface area contributed by atoms with E-state index in [1.165, 1.54) is 11.1 Å². The van der Waals surface area contributed by atoms with Gasteiger partial charge >= 0.3 is 0 Å². The zero-order chi connectivity index (χ0) is 15.9. The van der Waals surface area contributed by atoms with Gasteiger partial charge in [-0.05, 0) is 60.8 Å². The molecule has 1 aromatic carbocycles. The van der Waals surface area contributed by atoms with Crippen molar-refractivity contribution in [1.29, 1.82) is 0 Å². The van der Waals surface area contributed by atoms with Gasteiger partial charge < -0.3 is 10.5 Å². The normalized spacial score (nSPS) is 13.2. The van der Waals surface area contributed by atoms with Crippen molar-refractivity contribution in [2.24, 2.45) is 5.73 Å². The smallest absolute Gasteiger partial charge is 0.122 e. The van der Waals surface area contributed by atoms with Crippen LogP contribution in [0, 0.1) is 0 Å². The van der Waals surface area contributed by atoms with Crippen LogP contribution in [0.5, 0.6) is 5.75 Å². The van der Waals surface area contributed by atoms with Gasteiger partial charge in [0.1, 0.15) is 5.75 Å².